The fourth-order valence-electron chi connectivity index (χ4n) is 3.05. The first-order valence-electron chi connectivity index (χ1n) is 8.88. The smallest absolute Gasteiger partial charge is 0.186 e. The molecule has 0 radical (unpaired) electrons. The van der Waals surface area contributed by atoms with E-state index in [4.69, 9.17) is 17.0 Å². The van der Waals surface area contributed by atoms with Gasteiger partial charge in [0, 0.05) is 29.7 Å². The molecule has 0 aliphatic carbocycles. The number of rotatable bonds is 6. The summed E-state index contributed by atoms with van der Waals surface area (Å²) in [6.07, 6.45) is 3.88. The molecule has 6 heteroatoms. The van der Waals surface area contributed by atoms with Crippen LogP contribution in [-0.4, -0.2) is 29.5 Å². The molecule has 0 aliphatic heterocycles. The number of nitrogens with zero attached hydrogens (tertiary/aromatic N) is 2. The third kappa shape index (κ3) is 4.46. The lowest BCUT2D eigenvalue weighted by Gasteiger charge is -2.12. The minimum Gasteiger partial charge on any atom is -0.491 e. The van der Waals surface area contributed by atoms with Crippen LogP contribution in [0.15, 0.2) is 53.8 Å². The highest BCUT2D eigenvalue weighted by Gasteiger charge is 2.08. The van der Waals surface area contributed by atoms with Crippen molar-refractivity contribution in [1.29, 1.82) is 0 Å². The first-order valence-corrected chi connectivity index (χ1v) is 9.28. The molecule has 2 aromatic carbocycles. The summed E-state index contributed by atoms with van der Waals surface area (Å²) >= 11 is 5.04. The van der Waals surface area contributed by atoms with Crippen LogP contribution in [0.3, 0.4) is 0 Å². The van der Waals surface area contributed by atoms with Crippen LogP contribution in [0, 0.1) is 13.8 Å². The Hall–Kier alpha value is -2.86. The SMILES string of the molecule is CNC(=S)NN=Cc1cn(CCOc2c(C)cccc2C)c2ccccc12. The van der Waals surface area contributed by atoms with Crippen molar-refractivity contribution in [2.45, 2.75) is 20.4 Å². The number of hydrazone groups is 1. The van der Waals surface area contributed by atoms with Gasteiger partial charge in [0.05, 0.1) is 12.8 Å². The number of nitrogens with one attached hydrogen (secondary N) is 2. The van der Waals surface area contributed by atoms with E-state index < -0.39 is 0 Å². The molecule has 2 N–H and O–H groups in total. The Bertz CT molecular complexity index is 957. The van der Waals surface area contributed by atoms with Crippen LogP contribution in [0.2, 0.25) is 0 Å². The molecule has 5 nitrogen and oxygen atoms in total. The summed E-state index contributed by atoms with van der Waals surface area (Å²) < 4.78 is 8.26. The van der Waals surface area contributed by atoms with Gasteiger partial charge in [0.25, 0.3) is 0 Å². The molecule has 27 heavy (non-hydrogen) atoms. The van der Waals surface area contributed by atoms with E-state index >= 15 is 0 Å². The minimum absolute atomic E-state index is 0.483. The van der Waals surface area contributed by atoms with Crippen molar-refractivity contribution >= 4 is 34.4 Å². The first-order chi connectivity index (χ1) is 13.1. The molecule has 0 amide bonds. The van der Waals surface area contributed by atoms with Crippen LogP contribution >= 0.6 is 12.2 Å². The third-order valence-electron chi connectivity index (χ3n) is 4.40. The second-order valence-corrected chi connectivity index (χ2v) is 6.72. The van der Waals surface area contributed by atoms with Crippen molar-refractivity contribution in [2.24, 2.45) is 5.10 Å². The van der Waals surface area contributed by atoms with E-state index in [-0.39, 0.29) is 0 Å². The third-order valence-corrected chi connectivity index (χ3v) is 4.70. The fraction of sp³-hybridized carbons (Fsp3) is 0.238. The average molecular weight is 381 g/mol. The summed E-state index contributed by atoms with van der Waals surface area (Å²) in [6.45, 7) is 5.50. The second kappa shape index (κ2) is 8.68. The molecule has 140 valence electrons. The summed E-state index contributed by atoms with van der Waals surface area (Å²) in [6, 6.07) is 14.5. The number of benzene rings is 2. The van der Waals surface area contributed by atoms with Gasteiger partial charge >= 0.3 is 0 Å². The van der Waals surface area contributed by atoms with E-state index in [1.165, 1.54) is 0 Å². The topological polar surface area (TPSA) is 50.6 Å². The lowest BCUT2D eigenvalue weighted by molar-refractivity contribution is 0.296. The molecule has 0 unspecified atom stereocenters. The number of thiocarbonyl (C=S) groups is 1. The molecule has 0 saturated carbocycles. The Kier molecular flexibility index (Phi) is 6.08. The van der Waals surface area contributed by atoms with Crippen LogP contribution in [-0.2, 0) is 6.54 Å². The van der Waals surface area contributed by atoms with Crippen molar-refractivity contribution in [2.75, 3.05) is 13.7 Å². The molecule has 1 heterocycles. The second-order valence-electron chi connectivity index (χ2n) is 6.31. The zero-order valence-electron chi connectivity index (χ0n) is 15.8. The van der Waals surface area contributed by atoms with Gasteiger partial charge in [-0.3, -0.25) is 5.43 Å². The van der Waals surface area contributed by atoms with E-state index in [9.17, 15) is 0 Å². The maximum Gasteiger partial charge on any atom is 0.186 e. The number of ether oxygens (including phenoxy) is 1. The summed E-state index contributed by atoms with van der Waals surface area (Å²) in [4.78, 5) is 0. The van der Waals surface area contributed by atoms with Crippen molar-refractivity contribution in [3.63, 3.8) is 0 Å². The quantitative estimate of drug-likeness (QED) is 0.388. The number of hydrogen-bond donors (Lipinski definition) is 2. The molecule has 0 atom stereocenters. The average Bonchev–Trinajstić information content (AvgIpc) is 3.02. The Morgan fingerprint density at radius 3 is 2.63 bits per heavy atom. The Labute approximate surface area is 165 Å². The molecule has 0 saturated heterocycles. The van der Waals surface area contributed by atoms with Crippen LogP contribution in [0.25, 0.3) is 10.9 Å². The van der Waals surface area contributed by atoms with Gasteiger partial charge in [-0.15, -0.1) is 0 Å². The van der Waals surface area contributed by atoms with Gasteiger partial charge in [-0.25, -0.2) is 0 Å². The molecule has 0 fully saturated rings. The maximum atomic E-state index is 6.06. The summed E-state index contributed by atoms with van der Waals surface area (Å²) in [5, 5.41) is 8.66. The Balaban J connectivity index is 1.76. The zero-order chi connectivity index (χ0) is 19.2. The number of fused-ring (bicyclic) bond motifs is 1. The highest BCUT2D eigenvalue weighted by Crippen LogP contribution is 2.23. The lowest BCUT2D eigenvalue weighted by Crippen LogP contribution is -2.28. The van der Waals surface area contributed by atoms with E-state index in [0.717, 1.165) is 39.9 Å². The van der Waals surface area contributed by atoms with Crippen LogP contribution in [0.5, 0.6) is 5.75 Å². The molecule has 3 rings (SSSR count). The molecular weight excluding hydrogens is 356 g/mol. The highest BCUT2D eigenvalue weighted by atomic mass is 32.1. The van der Waals surface area contributed by atoms with Gasteiger partial charge in [-0.2, -0.15) is 5.10 Å². The number of aromatic nitrogens is 1. The van der Waals surface area contributed by atoms with Crippen molar-refractivity contribution < 1.29 is 4.74 Å². The van der Waals surface area contributed by atoms with Crippen molar-refractivity contribution in [3.8, 4) is 5.75 Å². The largest absolute Gasteiger partial charge is 0.491 e. The van der Waals surface area contributed by atoms with Gasteiger partial charge in [0.2, 0.25) is 0 Å². The van der Waals surface area contributed by atoms with Gasteiger partial charge < -0.3 is 14.6 Å². The molecule has 3 aromatic rings. The predicted octanol–water partition coefficient (Wildman–Crippen LogP) is 3.76. The van der Waals surface area contributed by atoms with E-state index in [1.807, 2.05) is 12.1 Å². The zero-order valence-corrected chi connectivity index (χ0v) is 16.6. The molecule has 1 aromatic heterocycles. The molecule has 0 bridgehead atoms. The van der Waals surface area contributed by atoms with E-state index in [0.29, 0.717) is 11.7 Å². The normalized spacial score (nSPS) is 11.1. The van der Waals surface area contributed by atoms with Crippen LogP contribution < -0.4 is 15.5 Å². The first kappa shape index (κ1) is 18.9. The van der Waals surface area contributed by atoms with Crippen molar-refractivity contribution in [1.82, 2.24) is 15.3 Å². The lowest BCUT2D eigenvalue weighted by atomic mass is 10.1. The Morgan fingerprint density at radius 2 is 1.89 bits per heavy atom. The molecule has 0 spiro atoms. The van der Waals surface area contributed by atoms with E-state index in [1.54, 1.807) is 13.3 Å². The predicted molar refractivity (Wildman–Crippen MR) is 116 cm³/mol. The van der Waals surface area contributed by atoms with Crippen molar-refractivity contribution in [3.05, 3.63) is 65.4 Å². The monoisotopic (exact) mass is 380 g/mol. The van der Waals surface area contributed by atoms with E-state index in [2.05, 4.69) is 70.8 Å². The maximum absolute atomic E-state index is 6.06. The summed E-state index contributed by atoms with van der Waals surface area (Å²) in [5.74, 6) is 0.973. The highest BCUT2D eigenvalue weighted by molar-refractivity contribution is 7.80. The molecule has 0 aliphatic rings. The fourth-order valence-corrected chi connectivity index (χ4v) is 3.10. The standard InChI is InChI=1S/C21H24N4OS/c1-15-7-6-8-16(2)20(15)26-12-11-25-14-17(13-23-24-21(27)22-3)18-9-4-5-10-19(18)25/h4-10,13-14H,11-12H2,1-3H3,(H2,22,24,27). The minimum atomic E-state index is 0.483. The summed E-state index contributed by atoms with van der Waals surface area (Å²) in [7, 11) is 1.76. The van der Waals surface area contributed by atoms with Crippen LogP contribution in [0.4, 0.5) is 0 Å². The number of para-hydroxylation sites is 2. The van der Waals surface area contributed by atoms with Crippen LogP contribution in [0.1, 0.15) is 16.7 Å². The summed E-state index contributed by atoms with van der Waals surface area (Å²) in [5.41, 5.74) is 7.29. The van der Waals surface area contributed by atoms with Gasteiger partial charge in [0.1, 0.15) is 12.4 Å². The number of aryl methyl sites for hydroxylation is 2. The van der Waals surface area contributed by atoms with Gasteiger partial charge in [-0.05, 0) is 43.3 Å². The van der Waals surface area contributed by atoms with Gasteiger partial charge in [-0.1, -0.05) is 36.4 Å². The van der Waals surface area contributed by atoms with Gasteiger partial charge in [0.15, 0.2) is 5.11 Å². The Morgan fingerprint density at radius 1 is 1.15 bits per heavy atom. The number of hydrogen-bond acceptors (Lipinski definition) is 3. The molecular formula is C21H24N4OS.